The zero-order chi connectivity index (χ0) is 23.4. The van der Waals surface area contributed by atoms with E-state index in [2.05, 4.69) is 43.2 Å². The predicted octanol–water partition coefficient (Wildman–Crippen LogP) is 5.75. The fourth-order valence-corrected chi connectivity index (χ4v) is 3.95. The number of para-hydroxylation sites is 1. The van der Waals surface area contributed by atoms with Crippen LogP contribution in [0.25, 0.3) is 16.7 Å². The lowest BCUT2D eigenvalue weighted by molar-refractivity contribution is -0.134. The number of benzene rings is 3. The standard InChI is InChI=1S/C27H29N3O3/c1-5-19-16-20(6-2)26(15-18(19)4)32-17-21-23(13-10-14-25(21)33-27(31)7-3)30-24-12-9-8-11-22(24)28-29-30/h8-16H,5-7,17H2,1-4H3. The highest BCUT2D eigenvalue weighted by Crippen LogP contribution is 2.31. The summed E-state index contributed by atoms with van der Waals surface area (Å²) in [5.74, 6) is 1.02. The minimum Gasteiger partial charge on any atom is -0.488 e. The number of nitrogens with zero attached hydrogens (tertiary/aromatic N) is 3. The summed E-state index contributed by atoms with van der Waals surface area (Å²) < 4.78 is 13.8. The lowest BCUT2D eigenvalue weighted by atomic mass is 10.0. The van der Waals surface area contributed by atoms with Crippen LogP contribution in [0.2, 0.25) is 0 Å². The predicted molar refractivity (Wildman–Crippen MR) is 129 cm³/mol. The summed E-state index contributed by atoms with van der Waals surface area (Å²) in [5, 5.41) is 8.65. The molecule has 0 aliphatic rings. The maximum absolute atomic E-state index is 12.1. The van der Waals surface area contributed by atoms with E-state index < -0.39 is 0 Å². The minimum atomic E-state index is -0.297. The van der Waals surface area contributed by atoms with Crippen molar-refractivity contribution in [2.45, 2.75) is 53.6 Å². The Morgan fingerprint density at radius 2 is 1.73 bits per heavy atom. The highest BCUT2D eigenvalue weighted by atomic mass is 16.5. The van der Waals surface area contributed by atoms with E-state index in [4.69, 9.17) is 9.47 Å². The number of ether oxygens (including phenoxy) is 2. The van der Waals surface area contributed by atoms with Gasteiger partial charge in [0, 0.05) is 6.42 Å². The molecular formula is C27H29N3O3. The van der Waals surface area contributed by atoms with Crippen molar-refractivity contribution < 1.29 is 14.3 Å². The molecule has 0 amide bonds. The molecule has 4 aromatic rings. The molecular weight excluding hydrogens is 414 g/mol. The normalized spacial score (nSPS) is 11.0. The second-order valence-corrected chi connectivity index (χ2v) is 7.95. The van der Waals surface area contributed by atoms with Crippen molar-refractivity contribution in [3.8, 4) is 17.2 Å². The van der Waals surface area contributed by atoms with Crippen molar-refractivity contribution in [3.05, 3.63) is 76.9 Å². The molecule has 0 atom stereocenters. The summed E-state index contributed by atoms with van der Waals surface area (Å²) in [6.45, 7) is 8.40. The Morgan fingerprint density at radius 3 is 2.48 bits per heavy atom. The lowest BCUT2D eigenvalue weighted by Crippen LogP contribution is -2.12. The molecule has 3 aromatic carbocycles. The van der Waals surface area contributed by atoms with E-state index in [-0.39, 0.29) is 19.0 Å². The molecule has 6 nitrogen and oxygen atoms in total. The fourth-order valence-electron chi connectivity index (χ4n) is 3.95. The number of aryl methyl sites for hydroxylation is 3. The molecule has 0 aliphatic carbocycles. The SMILES string of the molecule is CCC(=O)Oc1cccc(-n2nnc3ccccc32)c1COc1cc(C)c(CC)cc1CC. The molecule has 0 fully saturated rings. The monoisotopic (exact) mass is 443 g/mol. The minimum absolute atomic E-state index is 0.231. The van der Waals surface area contributed by atoms with Crippen LogP contribution in [0.4, 0.5) is 0 Å². The van der Waals surface area contributed by atoms with Crippen LogP contribution in [0, 0.1) is 6.92 Å². The van der Waals surface area contributed by atoms with Gasteiger partial charge in [-0.3, -0.25) is 4.79 Å². The summed E-state index contributed by atoms with van der Waals surface area (Å²) in [6, 6.07) is 17.7. The topological polar surface area (TPSA) is 66.2 Å². The maximum Gasteiger partial charge on any atom is 0.310 e. The number of carbonyl (C=O) groups is 1. The first kappa shape index (κ1) is 22.5. The Labute approximate surface area is 194 Å². The highest BCUT2D eigenvalue weighted by molar-refractivity contribution is 5.77. The average molecular weight is 444 g/mol. The third-order valence-corrected chi connectivity index (χ3v) is 5.85. The van der Waals surface area contributed by atoms with Crippen LogP contribution in [0.3, 0.4) is 0 Å². The third kappa shape index (κ3) is 4.60. The second-order valence-electron chi connectivity index (χ2n) is 7.95. The number of fused-ring (bicyclic) bond motifs is 1. The van der Waals surface area contributed by atoms with Crippen LogP contribution in [0.1, 0.15) is 49.4 Å². The molecule has 0 saturated carbocycles. The number of rotatable bonds is 8. The van der Waals surface area contributed by atoms with Gasteiger partial charge in [-0.15, -0.1) is 5.10 Å². The van der Waals surface area contributed by atoms with E-state index in [0.717, 1.165) is 46.4 Å². The van der Waals surface area contributed by atoms with Gasteiger partial charge in [-0.25, -0.2) is 4.68 Å². The van der Waals surface area contributed by atoms with Gasteiger partial charge in [0.15, 0.2) is 0 Å². The van der Waals surface area contributed by atoms with Gasteiger partial charge in [-0.1, -0.05) is 50.3 Å². The molecule has 0 bridgehead atoms. The van der Waals surface area contributed by atoms with Crippen molar-refractivity contribution in [1.82, 2.24) is 15.0 Å². The first-order valence-electron chi connectivity index (χ1n) is 11.4. The number of carbonyl (C=O) groups excluding carboxylic acids is 1. The number of hydrogen-bond donors (Lipinski definition) is 0. The number of hydrogen-bond acceptors (Lipinski definition) is 5. The molecule has 6 heteroatoms. The quantitative estimate of drug-likeness (QED) is 0.256. The zero-order valence-corrected chi connectivity index (χ0v) is 19.6. The van der Waals surface area contributed by atoms with Gasteiger partial charge in [0.25, 0.3) is 0 Å². The van der Waals surface area contributed by atoms with Crippen molar-refractivity contribution >= 4 is 17.0 Å². The molecule has 0 N–H and O–H groups in total. The summed E-state index contributed by atoms with van der Waals surface area (Å²) >= 11 is 0. The van der Waals surface area contributed by atoms with E-state index in [1.807, 2.05) is 36.4 Å². The average Bonchev–Trinajstić information content (AvgIpc) is 3.27. The summed E-state index contributed by atoms with van der Waals surface area (Å²) in [7, 11) is 0. The smallest absolute Gasteiger partial charge is 0.310 e. The molecule has 1 heterocycles. The van der Waals surface area contributed by atoms with Crippen molar-refractivity contribution in [1.29, 1.82) is 0 Å². The van der Waals surface area contributed by atoms with Crippen LogP contribution in [-0.4, -0.2) is 21.0 Å². The van der Waals surface area contributed by atoms with E-state index >= 15 is 0 Å². The van der Waals surface area contributed by atoms with Crippen molar-refractivity contribution in [3.63, 3.8) is 0 Å². The van der Waals surface area contributed by atoms with Crippen molar-refractivity contribution in [2.75, 3.05) is 0 Å². The molecule has 1 aromatic heterocycles. The van der Waals surface area contributed by atoms with Gasteiger partial charge < -0.3 is 9.47 Å². The Balaban J connectivity index is 1.78. The Bertz CT molecular complexity index is 1290. The number of aromatic nitrogens is 3. The van der Waals surface area contributed by atoms with Crippen molar-refractivity contribution in [2.24, 2.45) is 0 Å². The molecule has 0 radical (unpaired) electrons. The van der Waals surface area contributed by atoms with Crippen LogP contribution >= 0.6 is 0 Å². The van der Waals surface area contributed by atoms with Gasteiger partial charge in [0.2, 0.25) is 0 Å². The summed E-state index contributed by atoms with van der Waals surface area (Å²) in [4.78, 5) is 12.1. The Morgan fingerprint density at radius 1 is 0.939 bits per heavy atom. The van der Waals surface area contributed by atoms with E-state index in [0.29, 0.717) is 5.75 Å². The van der Waals surface area contributed by atoms with Gasteiger partial charge in [-0.05, 0) is 66.8 Å². The first-order chi connectivity index (χ1) is 16.0. The third-order valence-electron chi connectivity index (χ3n) is 5.85. The van der Waals surface area contributed by atoms with Crippen LogP contribution in [0.5, 0.6) is 11.5 Å². The molecule has 0 aliphatic heterocycles. The highest BCUT2D eigenvalue weighted by Gasteiger charge is 2.18. The van der Waals surface area contributed by atoms with Gasteiger partial charge in [0.05, 0.1) is 16.8 Å². The maximum atomic E-state index is 12.1. The molecule has 0 saturated heterocycles. The summed E-state index contributed by atoms with van der Waals surface area (Å²) in [6.07, 6.45) is 2.14. The molecule has 170 valence electrons. The van der Waals surface area contributed by atoms with Crippen LogP contribution in [0.15, 0.2) is 54.6 Å². The zero-order valence-electron chi connectivity index (χ0n) is 19.6. The van der Waals surface area contributed by atoms with Crippen LogP contribution in [-0.2, 0) is 24.2 Å². The van der Waals surface area contributed by atoms with Gasteiger partial charge in [0.1, 0.15) is 23.6 Å². The van der Waals surface area contributed by atoms with E-state index in [9.17, 15) is 4.79 Å². The summed E-state index contributed by atoms with van der Waals surface area (Å²) in [5.41, 5.74) is 6.87. The lowest BCUT2D eigenvalue weighted by Gasteiger charge is -2.18. The number of esters is 1. The van der Waals surface area contributed by atoms with Gasteiger partial charge >= 0.3 is 5.97 Å². The van der Waals surface area contributed by atoms with E-state index in [1.54, 1.807) is 17.7 Å². The second kappa shape index (κ2) is 9.86. The fraction of sp³-hybridized carbons (Fsp3) is 0.296. The largest absolute Gasteiger partial charge is 0.488 e. The molecule has 0 unspecified atom stereocenters. The molecule has 4 rings (SSSR count). The van der Waals surface area contributed by atoms with E-state index in [1.165, 1.54) is 11.1 Å². The van der Waals surface area contributed by atoms with Gasteiger partial charge in [-0.2, -0.15) is 0 Å². The Hall–Kier alpha value is -3.67. The van der Waals surface area contributed by atoms with Crippen LogP contribution < -0.4 is 9.47 Å². The molecule has 33 heavy (non-hydrogen) atoms. The Kier molecular flexibility index (Phi) is 6.73. The molecule has 0 spiro atoms. The first-order valence-corrected chi connectivity index (χ1v) is 11.4.